The highest BCUT2D eigenvalue weighted by molar-refractivity contribution is 5.68. The Kier molecular flexibility index (Phi) is 4.88. The first-order valence-electron chi connectivity index (χ1n) is 7.18. The smallest absolute Gasteiger partial charge is 0.410 e. The van der Waals surface area contributed by atoms with Crippen LogP contribution in [0.3, 0.4) is 0 Å². The highest BCUT2D eigenvalue weighted by atomic mass is 16.6. The molecule has 2 atom stereocenters. The summed E-state index contributed by atoms with van der Waals surface area (Å²) in [5, 5.41) is 9.59. The van der Waals surface area contributed by atoms with E-state index < -0.39 is 11.7 Å². The van der Waals surface area contributed by atoms with Gasteiger partial charge in [0.25, 0.3) is 0 Å². The Hall–Kier alpha value is -0.770. The second-order valence-electron chi connectivity index (χ2n) is 7.55. The van der Waals surface area contributed by atoms with Crippen LogP contribution in [-0.4, -0.2) is 40.4 Å². The van der Waals surface area contributed by atoms with Crippen molar-refractivity contribution < 1.29 is 14.6 Å². The van der Waals surface area contributed by atoms with E-state index in [1.165, 1.54) is 0 Å². The summed E-state index contributed by atoms with van der Waals surface area (Å²) < 4.78 is 5.49. The van der Waals surface area contributed by atoms with Crippen LogP contribution in [-0.2, 0) is 4.74 Å². The lowest BCUT2D eigenvalue weighted by atomic mass is 9.80. The number of rotatable bonds is 2. The molecule has 0 spiro atoms. The summed E-state index contributed by atoms with van der Waals surface area (Å²) in [6, 6.07) is 0.0860. The normalized spacial score (nSPS) is 25.0. The van der Waals surface area contributed by atoms with Crippen LogP contribution in [0.2, 0.25) is 0 Å². The number of piperidine rings is 1. The number of amides is 1. The SMILES string of the molecule is C[C@H](O)CC1CCC(C)(C)CN1C(=O)OC(C)(C)C. The number of ether oxygens (including phenoxy) is 1. The monoisotopic (exact) mass is 271 g/mol. The molecular formula is C15H29NO3. The highest BCUT2D eigenvalue weighted by Gasteiger charge is 2.37. The molecule has 0 bridgehead atoms. The van der Waals surface area contributed by atoms with Crippen molar-refractivity contribution in [1.29, 1.82) is 0 Å². The van der Waals surface area contributed by atoms with Gasteiger partial charge in [0.1, 0.15) is 5.60 Å². The van der Waals surface area contributed by atoms with E-state index in [2.05, 4.69) is 13.8 Å². The minimum atomic E-state index is -0.478. The molecule has 0 aliphatic carbocycles. The number of likely N-dealkylation sites (tertiary alicyclic amines) is 1. The lowest BCUT2D eigenvalue weighted by molar-refractivity contribution is -0.0150. The first-order valence-corrected chi connectivity index (χ1v) is 7.18. The van der Waals surface area contributed by atoms with Gasteiger partial charge in [0.2, 0.25) is 0 Å². The molecule has 1 N–H and O–H groups in total. The van der Waals surface area contributed by atoms with Crippen molar-refractivity contribution >= 4 is 6.09 Å². The minimum absolute atomic E-state index is 0.0860. The minimum Gasteiger partial charge on any atom is -0.444 e. The summed E-state index contributed by atoms with van der Waals surface area (Å²) in [7, 11) is 0. The van der Waals surface area contributed by atoms with Gasteiger partial charge >= 0.3 is 6.09 Å². The second-order valence-corrected chi connectivity index (χ2v) is 7.55. The average molecular weight is 271 g/mol. The summed E-state index contributed by atoms with van der Waals surface area (Å²) in [5.41, 5.74) is -0.361. The van der Waals surface area contributed by atoms with Crippen molar-refractivity contribution in [3.8, 4) is 0 Å². The third-order valence-electron chi connectivity index (χ3n) is 3.43. The van der Waals surface area contributed by atoms with Gasteiger partial charge in [-0.25, -0.2) is 4.79 Å². The molecule has 112 valence electrons. The van der Waals surface area contributed by atoms with Crippen LogP contribution >= 0.6 is 0 Å². The molecule has 1 saturated heterocycles. The first kappa shape index (κ1) is 16.3. The van der Waals surface area contributed by atoms with Gasteiger partial charge in [-0.05, 0) is 52.4 Å². The van der Waals surface area contributed by atoms with Crippen LogP contribution < -0.4 is 0 Å². The van der Waals surface area contributed by atoms with Crippen molar-refractivity contribution in [1.82, 2.24) is 4.90 Å². The van der Waals surface area contributed by atoms with Crippen molar-refractivity contribution in [2.45, 2.75) is 78.6 Å². The van der Waals surface area contributed by atoms with E-state index >= 15 is 0 Å². The maximum Gasteiger partial charge on any atom is 0.410 e. The molecule has 0 aromatic heterocycles. The highest BCUT2D eigenvalue weighted by Crippen LogP contribution is 2.34. The molecule has 1 rings (SSSR count). The molecule has 1 aliphatic rings. The van der Waals surface area contributed by atoms with Gasteiger partial charge in [0.15, 0.2) is 0 Å². The number of aliphatic hydroxyl groups is 1. The lowest BCUT2D eigenvalue weighted by Gasteiger charge is -2.44. The molecular weight excluding hydrogens is 242 g/mol. The van der Waals surface area contributed by atoms with Gasteiger partial charge in [-0.2, -0.15) is 0 Å². The maximum atomic E-state index is 12.3. The Morgan fingerprint density at radius 1 is 1.47 bits per heavy atom. The molecule has 0 saturated carbocycles. The van der Waals surface area contributed by atoms with E-state index in [0.717, 1.165) is 12.8 Å². The number of nitrogens with zero attached hydrogens (tertiary/aromatic N) is 1. The predicted octanol–water partition coefficient (Wildman–Crippen LogP) is 3.18. The number of hydrogen-bond donors (Lipinski definition) is 1. The predicted molar refractivity (Wildman–Crippen MR) is 76.0 cm³/mol. The van der Waals surface area contributed by atoms with Crippen LogP contribution in [0.5, 0.6) is 0 Å². The molecule has 1 unspecified atom stereocenters. The van der Waals surface area contributed by atoms with Crippen molar-refractivity contribution in [2.75, 3.05) is 6.54 Å². The fraction of sp³-hybridized carbons (Fsp3) is 0.933. The Morgan fingerprint density at radius 3 is 2.53 bits per heavy atom. The third kappa shape index (κ3) is 5.39. The number of carbonyl (C=O) groups excluding carboxylic acids is 1. The van der Waals surface area contributed by atoms with Crippen molar-refractivity contribution in [3.63, 3.8) is 0 Å². The summed E-state index contributed by atoms with van der Waals surface area (Å²) in [6.45, 7) is 12.4. The molecule has 4 heteroatoms. The molecule has 1 amide bonds. The van der Waals surface area contributed by atoms with E-state index in [9.17, 15) is 9.90 Å². The Balaban J connectivity index is 2.79. The molecule has 1 fully saturated rings. The Morgan fingerprint density at radius 2 is 2.05 bits per heavy atom. The van der Waals surface area contributed by atoms with Crippen LogP contribution in [0.1, 0.15) is 60.8 Å². The van der Waals surface area contributed by atoms with Gasteiger partial charge < -0.3 is 14.7 Å². The lowest BCUT2D eigenvalue weighted by Crippen LogP contribution is -2.52. The fourth-order valence-corrected chi connectivity index (χ4v) is 2.56. The summed E-state index contributed by atoms with van der Waals surface area (Å²) >= 11 is 0. The van der Waals surface area contributed by atoms with Gasteiger partial charge in [0.05, 0.1) is 6.10 Å². The zero-order chi connectivity index (χ0) is 14.8. The van der Waals surface area contributed by atoms with Crippen LogP contribution in [0.25, 0.3) is 0 Å². The summed E-state index contributed by atoms with van der Waals surface area (Å²) in [4.78, 5) is 14.1. The molecule has 1 aliphatic heterocycles. The van der Waals surface area contributed by atoms with E-state index in [4.69, 9.17) is 4.74 Å². The quantitative estimate of drug-likeness (QED) is 0.839. The van der Waals surface area contributed by atoms with E-state index in [1.807, 2.05) is 25.7 Å². The summed E-state index contributed by atoms with van der Waals surface area (Å²) in [5.74, 6) is 0. The average Bonchev–Trinajstić information content (AvgIpc) is 2.17. The zero-order valence-electron chi connectivity index (χ0n) is 13.2. The number of aliphatic hydroxyl groups excluding tert-OH is 1. The van der Waals surface area contributed by atoms with Crippen LogP contribution in [0.4, 0.5) is 4.79 Å². The number of carbonyl (C=O) groups is 1. The number of hydrogen-bond acceptors (Lipinski definition) is 3. The second kappa shape index (κ2) is 5.70. The van der Waals surface area contributed by atoms with E-state index in [-0.39, 0.29) is 17.6 Å². The van der Waals surface area contributed by atoms with Crippen LogP contribution in [0.15, 0.2) is 0 Å². The van der Waals surface area contributed by atoms with Gasteiger partial charge in [-0.1, -0.05) is 13.8 Å². The largest absolute Gasteiger partial charge is 0.444 e. The summed E-state index contributed by atoms with van der Waals surface area (Å²) in [6.07, 6.45) is 1.97. The van der Waals surface area contributed by atoms with Crippen molar-refractivity contribution in [3.05, 3.63) is 0 Å². The molecule has 0 aromatic carbocycles. The molecule has 0 aromatic rings. The van der Waals surface area contributed by atoms with E-state index in [0.29, 0.717) is 13.0 Å². The fourth-order valence-electron chi connectivity index (χ4n) is 2.56. The molecule has 4 nitrogen and oxygen atoms in total. The Bertz CT molecular complexity index is 318. The first-order chi connectivity index (χ1) is 8.50. The van der Waals surface area contributed by atoms with Crippen LogP contribution in [0, 0.1) is 5.41 Å². The van der Waals surface area contributed by atoms with E-state index in [1.54, 1.807) is 6.92 Å². The van der Waals surface area contributed by atoms with Gasteiger partial charge in [0, 0.05) is 12.6 Å². The zero-order valence-corrected chi connectivity index (χ0v) is 13.2. The van der Waals surface area contributed by atoms with Crippen molar-refractivity contribution in [2.24, 2.45) is 5.41 Å². The standard InChI is InChI=1S/C15H29NO3/c1-11(17)9-12-7-8-15(5,6)10-16(12)13(18)19-14(2,3)4/h11-12,17H,7-10H2,1-6H3/t11-,12?/m0/s1. The third-order valence-corrected chi connectivity index (χ3v) is 3.43. The molecule has 0 radical (unpaired) electrons. The molecule has 1 heterocycles. The topological polar surface area (TPSA) is 49.8 Å². The maximum absolute atomic E-state index is 12.3. The van der Waals surface area contributed by atoms with Gasteiger partial charge in [-0.3, -0.25) is 0 Å². The van der Waals surface area contributed by atoms with Gasteiger partial charge in [-0.15, -0.1) is 0 Å². The Labute approximate surface area is 117 Å². The molecule has 19 heavy (non-hydrogen) atoms.